The predicted molar refractivity (Wildman–Crippen MR) is 143 cm³/mol. The number of thioether (sulfide) groups is 2. The highest BCUT2D eigenvalue weighted by molar-refractivity contribution is 8.22. The highest BCUT2D eigenvalue weighted by atomic mass is 32.2. The van der Waals surface area contributed by atoms with E-state index in [1.54, 1.807) is 0 Å². The smallest absolute Gasteiger partial charge is 0.0541 e. The summed E-state index contributed by atoms with van der Waals surface area (Å²) in [6.07, 6.45) is 3.30. The molecule has 0 spiro atoms. The van der Waals surface area contributed by atoms with Crippen molar-refractivity contribution in [3.8, 4) is 0 Å². The monoisotopic (exact) mass is 451 g/mol. The van der Waals surface area contributed by atoms with Crippen LogP contribution in [0.5, 0.6) is 0 Å². The molecule has 0 bridgehead atoms. The summed E-state index contributed by atoms with van der Waals surface area (Å²) in [4.78, 5) is 2.38. The summed E-state index contributed by atoms with van der Waals surface area (Å²) < 4.78 is 1.38. The second kappa shape index (κ2) is 11.6. The molecule has 3 aromatic rings. The Kier molecular flexibility index (Phi) is 8.86. The minimum atomic E-state index is 0.930. The van der Waals surface area contributed by atoms with Crippen LogP contribution < -0.4 is 4.90 Å². The highest BCUT2D eigenvalue weighted by Crippen LogP contribution is 2.52. The quantitative estimate of drug-likeness (QED) is 0.231. The summed E-state index contributed by atoms with van der Waals surface area (Å²) in [5.41, 5.74) is 7.62. The Hall–Kier alpha value is -1.75. The second-order valence-corrected chi connectivity index (χ2v) is 9.12. The molecule has 0 atom stereocenters. The van der Waals surface area contributed by atoms with E-state index >= 15 is 0 Å². The molecule has 0 saturated carbocycles. The Bertz CT molecular complexity index is 933. The lowest BCUT2D eigenvalue weighted by Gasteiger charge is -2.35. The molecule has 30 heavy (non-hydrogen) atoms. The Balaban J connectivity index is 0.00000124. The lowest BCUT2D eigenvalue weighted by molar-refractivity contribution is 1.13. The van der Waals surface area contributed by atoms with Gasteiger partial charge in [0.15, 0.2) is 0 Å². The number of anilines is 3. The van der Waals surface area contributed by atoms with Gasteiger partial charge in [-0.2, -0.15) is 12.6 Å². The molecule has 0 N–H and O–H groups in total. The maximum Gasteiger partial charge on any atom is 0.0541 e. The van der Waals surface area contributed by atoms with Gasteiger partial charge in [-0.15, -0.1) is 23.5 Å². The molecule has 3 aromatic carbocycles. The Morgan fingerprint density at radius 3 is 1.87 bits per heavy atom. The van der Waals surface area contributed by atoms with Crippen LogP contribution in [0, 0.1) is 0 Å². The van der Waals surface area contributed by atoms with Crippen LogP contribution in [-0.2, 0) is 0 Å². The van der Waals surface area contributed by atoms with Gasteiger partial charge in [-0.05, 0) is 48.4 Å². The fourth-order valence-electron chi connectivity index (χ4n) is 3.57. The van der Waals surface area contributed by atoms with Crippen LogP contribution in [0.4, 0.5) is 17.1 Å². The maximum atomic E-state index is 4.38. The Morgan fingerprint density at radius 2 is 1.33 bits per heavy atom. The molecule has 0 aromatic heterocycles. The van der Waals surface area contributed by atoms with Crippen molar-refractivity contribution >= 4 is 58.8 Å². The van der Waals surface area contributed by atoms with Crippen molar-refractivity contribution in [3.63, 3.8) is 0 Å². The zero-order valence-corrected chi connectivity index (χ0v) is 20.4. The molecular formula is C26H29NS3. The van der Waals surface area contributed by atoms with Gasteiger partial charge in [-0.25, -0.2) is 0 Å². The standard InChI is InChI=1S/C24H23NS3.C2H6/c1-27-24(28-17-9-16-26)23-19-12-5-7-14-21(19)25(18-10-3-2-4-11-18)22-15-8-6-13-20(22)23;1-2/h2-8,10-15,26H,9,16-17H2,1H3;1-2H3. The maximum absolute atomic E-state index is 4.38. The molecule has 1 nitrogen and oxygen atoms in total. The van der Waals surface area contributed by atoms with Gasteiger partial charge in [0.25, 0.3) is 0 Å². The van der Waals surface area contributed by atoms with Crippen molar-refractivity contribution in [2.45, 2.75) is 20.3 Å². The van der Waals surface area contributed by atoms with Gasteiger partial charge in [-0.1, -0.05) is 68.4 Å². The zero-order valence-electron chi connectivity index (χ0n) is 17.8. The second-order valence-electron chi connectivity index (χ2n) is 6.50. The first-order valence-electron chi connectivity index (χ1n) is 10.4. The minimum Gasteiger partial charge on any atom is -0.309 e. The summed E-state index contributed by atoms with van der Waals surface area (Å²) >= 11 is 8.18. The SMILES string of the molecule is CC.CSC(SCCCS)=C1c2ccccc2N(c2ccccc2)c2ccccc21. The van der Waals surface area contributed by atoms with E-state index in [-0.39, 0.29) is 0 Å². The van der Waals surface area contributed by atoms with Crippen LogP contribution in [0.1, 0.15) is 31.4 Å². The van der Waals surface area contributed by atoms with Crippen molar-refractivity contribution in [2.75, 3.05) is 22.7 Å². The number of thiol groups is 1. The topological polar surface area (TPSA) is 3.24 Å². The number of hydrogen-bond acceptors (Lipinski definition) is 4. The molecule has 4 heteroatoms. The first-order chi connectivity index (χ1) is 14.8. The van der Waals surface area contributed by atoms with Crippen molar-refractivity contribution < 1.29 is 0 Å². The molecule has 0 unspecified atom stereocenters. The molecule has 156 valence electrons. The van der Waals surface area contributed by atoms with Crippen molar-refractivity contribution in [3.05, 3.63) is 94.2 Å². The van der Waals surface area contributed by atoms with Crippen molar-refractivity contribution in [1.82, 2.24) is 0 Å². The molecule has 0 fully saturated rings. The van der Waals surface area contributed by atoms with Crippen molar-refractivity contribution in [1.29, 1.82) is 0 Å². The molecule has 1 heterocycles. The summed E-state index contributed by atoms with van der Waals surface area (Å²) in [5.74, 6) is 2.02. The van der Waals surface area contributed by atoms with E-state index in [1.165, 1.54) is 38.0 Å². The van der Waals surface area contributed by atoms with Gasteiger partial charge < -0.3 is 4.90 Å². The highest BCUT2D eigenvalue weighted by Gasteiger charge is 2.28. The predicted octanol–water partition coefficient (Wildman–Crippen LogP) is 8.63. The number of hydrogen-bond donors (Lipinski definition) is 1. The van der Waals surface area contributed by atoms with Gasteiger partial charge in [-0.3, -0.25) is 0 Å². The molecule has 0 aliphatic carbocycles. The molecular weight excluding hydrogens is 422 g/mol. The van der Waals surface area contributed by atoms with E-state index in [1.807, 2.05) is 37.4 Å². The van der Waals surface area contributed by atoms with Crippen LogP contribution in [-0.4, -0.2) is 17.8 Å². The van der Waals surface area contributed by atoms with E-state index in [4.69, 9.17) is 0 Å². The van der Waals surface area contributed by atoms with Gasteiger partial charge in [0.1, 0.15) is 0 Å². The summed E-state index contributed by atoms with van der Waals surface area (Å²) in [5, 5.41) is 0. The van der Waals surface area contributed by atoms with Crippen LogP contribution in [0.3, 0.4) is 0 Å². The van der Waals surface area contributed by atoms with E-state index in [0.29, 0.717) is 0 Å². The Morgan fingerprint density at radius 1 is 0.800 bits per heavy atom. The lowest BCUT2D eigenvalue weighted by atomic mass is 9.91. The molecule has 4 rings (SSSR count). The Labute approximate surface area is 195 Å². The van der Waals surface area contributed by atoms with E-state index in [9.17, 15) is 0 Å². The third-order valence-electron chi connectivity index (χ3n) is 4.77. The lowest BCUT2D eigenvalue weighted by Crippen LogP contribution is -2.18. The van der Waals surface area contributed by atoms with Crippen LogP contribution in [0.25, 0.3) is 5.57 Å². The van der Waals surface area contributed by atoms with Gasteiger partial charge in [0.2, 0.25) is 0 Å². The minimum absolute atomic E-state index is 0.930. The molecule has 1 aliphatic heterocycles. The molecule has 1 aliphatic rings. The summed E-state index contributed by atoms with van der Waals surface area (Å²) in [6.45, 7) is 4.00. The normalized spacial score (nSPS) is 11.9. The zero-order chi connectivity index (χ0) is 21.3. The van der Waals surface area contributed by atoms with E-state index in [0.717, 1.165) is 17.9 Å². The first kappa shape index (κ1) is 22.9. The largest absolute Gasteiger partial charge is 0.309 e. The van der Waals surface area contributed by atoms with Crippen LogP contribution >= 0.6 is 36.2 Å². The van der Waals surface area contributed by atoms with Gasteiger partial charge in [0.05, 0.1) is 11.4 Å². The van der Waals surface area contributed by atoms with Crippen LogP contribution in [0.2, 0.25) is 0 Å². The van der Waals surface area contributed by atoms with E-state index < -0.39 is 0 Å². The third-order valence-corrected chi connectivity index (χ3v) is 7.47. The number of fused-ring (bicyclic) bond motifs is 2. The van der Waals surface area contributed by atoms with Gasteiger partial charge in [0, 0.05) is 26.6 Å². The summed E-state index contributed by atoms with van der Waals surface area (Å²) in [6, 6.07) is 28.2. The summed E-state index contributed by atoms with van der Waals surface area (Å²) in [7, 11) is 0. The first-order valence-corrected chi connectivity index (χ1v) is 13.3. The fraction of sp³-hybridized carbons (Fsp3) is 0.231. The number of nitrogens with zero attached hydrogens (tertiary/aromatic N) is 1. The van der Waals surface area contributed by atoms with E-state index in [2.05, 4.69) is 103 Å². The van der Waals surface area contributed by atoms with Crippen LogP contribution in [0.15, 0.2) is 83.1 Å². The average Bonchev–Trinajstić information content (AvgIpc) is 2.82. The average molecular weight is 452 g/mol. The molecule has 0 amide bonds. The fourth-order valence-corrected chi connectivity index (χ4v) is 5.93. The third kappa shape index (κ3) is 4.77. The number of para-hydroxylation sites is 3. The molecule has 0 saturated heterocycles. The molecule has 0 radical (unpaired) electrons. The number of rotatable bonds is 6. The van der Waals surface area contributed by atoms with Crippen molar-refractivity contribution in [2.24, 2.45) is 0 Å². The number of benzene rings is 3. The van der Waals surface area contributed by atoms with Gasteiger partial charge >= 0.3 is 0 Å².